The molecule has 112 valence electrons. The molecule has 0 spiro atoms. The Labute approximate surface area is 130 Å². The Kier molecular flexibility index (Phi) is 5.66. The molecule has 2 rings (SSSR count). The van der Waals surface area contributed by atoms with Gasteiger partial charge in [-0.25, -0.2) is 0 Å². The lowest BCUT2D eigenvalue weighted by Crippen LogP contribution is -2.08. The van der Waals surface area contributed by atoms with Gasteiger partial charge in [-0.3, -0.25) is 9.59 Å². The number of ether oxygens (including phenoxy) is 1. The second kappa shape index (κ2) is 7.93. The van der Waals surface area contributed by atoms with Crippen molar-refractivity contribution in [2.45, 2.75) is 13.3 Å². The summed E-state index contributed by atoms with van der Waals surface area (Å²) >= 11 is 0. The normalized spacial score (nSPS) is 10.6. The van der Waals surface area contributed by atoms with Crippen molar-refractivity contribution >= 4 is 17.8 Å². The molecule has 0 N–H and O–H groups in total. The van der Waals surface area contributed by atoms with Crippen molar-refractivity contribution in [3.05, 3.63) is 66.2 Å². The first kappa shape index (κ1) is 15.7. The SMILES string of the molecule is CCOC(=O)CC(=O)C=Cc1ccc(-c2ccccc2)cc1. The topological polar surface area (TPSA) is 43.4 Å². The first-order valence-corrected chi connectivity index (χ1v) is 7.21. The van der Waals surface area contributed by atoms with E-state index in [0.29, 0.717) is 0 Å². The largest absolute Gasteiger partial charge is 0.466 e. The fraction of sp³-hybridized carbons (Fsp3) is 0.158. The van der Waals surface area contributed by atoms with Crippen LogP contribution in [0, 0.1) is 0 Å². The summed E-state index contributed by atoms with van der Waals surface area (Å²) in [6.07, 6.45) is 2.90. The van der Waals surface area contributed by atoms with Crippen molar-refractivity contribution in [1.82, 2.24) is 0 Å². The van der Waals surface area contributed by atoms with Crippen LogP contribution in [0.4, 0.5) is 0 Å². The molecule has 0 atom stereocenters. The molecule has 0 fully saturated rings. The molecule has 2 aromatic carbocycles. The van der Waals surface area contributed by atoms with E-state index in [0.717, 1.165) is 16.7 Å². The third-order valence-electron chi connectivity index (χ3n) is 3.10. The number of carbonyl (C=O) groups is 2. The summed E-state index contributed by atoms with van der Waals surface area (Å²) in [5.74, 6) is -0.748. The molecule has 0 unspecified atom stereocenters. The van der Waals surface area contributed by atoms with Crippen molar-refractivity contribution in [3.8, 4) is 11.1 Å². The van der Waals surface area contributed by atoms with Crippen LogP contribution in [0.25, 0.3) is 17.2 Å². The lowest BCUT2D eigenvalue weighted by atomic mass is 10.0. The van der Waals surface area contributed by atoms with Gasteiger partial charge in [-0.15, -0.1) is 0 Å². The monoisotopic (exact) mass is 294 g/mol. The molecule has 22 heavy (non-hydrogen) atoms. The number of hydrogen-bond acceptors (Lipinski definition) is 3. The molecule has 0 bridgehead atoms. The summed E-state index contributed by atoms with van der Waals surface area (Å²) in [7, 11) is 0. The fourth-order valence-electron chi connectivity index (χ4n) is 2.02. The molecule has 0 aliphatic carbocycles. The van der Waals surface area contributed by atoms with Crippen molar-refractivity contribution in [2.24, 2.45) is 0 Å². The molecular formula is C19H18O3. The maximum Gasteiger partial charge on any atom is 0.313 e. The first-order chi connectivity index (χ1) is 10.7. The summed E-state index contributed by atoms with van der Waals surface area (Å²) in [6, 6.07) is 18.0. The third-order valence-corrected chi connectivity index (χ3v) is 3.10. The number of esters is 1. The summed E-state index contributed by atoms with van der Waals surface area (Å²) < 4.78 is 4.74. The molecule has 0 aliphatic rings. The molecule has 0 aliphatic heterocycles. The number of carbonyl (C=O) groups excluding carboxylic acids is 2. The fourth-order valence-corrected chi connectivity index (χ4v) is 2.02. The minimum absolute atomic E-state index is 0.216. The van der Waals surface area contributed by atoms with Crippen molar-refractivity contribution in [1.29, 1.82) is 0 Å². The van der Waals surface area contributed by atoms with Gasteiger partial charge in [0.1, 0.15) is 6.42 Å². The van der Waals surface area contributed by atoms with Crippen LogP contribution in [-0.2, 0) is 14.3 Å². The average Bonchev–Trinajstić information content (AvgIpc) is 2.54. The molecule has 0 heterocycles. The quantitative estimate of drug-likeness (QED) is 0.461. The summed E-state index contributed by atoms with van der Waals surface area (Å²) in [6.45, 7) is 2.00. The van der Waals surface area contributed by atoms with E-state index in [1.54, 1.807) is 13.0 Å². The Morgan fingerprint density at radius 2 is 1.59 bits per heavy atom. The van der Waals surface area contributed by atoms with Crippen molar-refractivity contribution in [3.63, 3.8) is 0 Å². The predicted octanol–water partition coefficient (Wildman–Crippen LogP) is 3.89. The molecule has 3 heteroatoms. The van der Waals surface area contributed by atoms with Gasteiger partial charge in [-0.1, -0.05) is 60.7 Å². The predicted molar refractivity (Wildman–Crippen MR) is 87.2 cm³/mol. The van der Waals surface area contributed by atoms with Gasteiger partial charge in [0.05, 0.1) is 6.61 Å². The van der Waals surface area contributed by atoms with E-state index in [1.807, 2.05) is 54.6 Å². The highest BCUT2D eigenvalue weighted by Gasteiger charge is 2.06. The number of hydrogen-bond donors (Lipinski definition) is 0. The first-order valence-electron chi connectivity index (χ1n) is 7.21. The number of allylic oxidation sites excluding steroid dienone is 1. The molecule has 3 nitrogen and oxygen atoms in total. The van der Waals surface area contributed by atoms with E-state index in [9.17, 15) is 9.59 Å². The number of rotatable bonds is 6. The summed E-state index contributed by atoms with van der Waals surface area (Å²) in [4.78, 5) is 22.8. The van der Waals surface area contributed by atoms with Gasteiger partial charge in [-0.2, -0.15) is 0 Å². The van der Waals surface area contributed by atoms with Crippen LogP contribution < -0.4 is 0 Å². The minimum Gasteiger partial charge on any atom is -0.466 e. The Bertz CT molecular complexity index is 655. The van der Waals surface area contributed by atoms with E-state index >= 15 is 0 Å². The zero-order valence-electron chi connectivity index (χ0n) is 12.5. The second-order valence-corrected chi connectivity index (χ2v) is 4.77. The molecule has 0 amide bonds. The van der Waals surface area contributed by atoms with E-state index in [2.05, 4.69) is 0 Å². The highest BCUT2D eigenvalue weighted by molar-refractivity contribution is 6.03. The van der Waals surface area contributed by atoms with E-state index in [1.165, 1.54) is 6.08 Å². The Balaban J connectivity index is 1.98. The highest BCUT2D eigenvalue weighted by Crippen LogP contribution is 2.19. The van der Waals surface area contributed by atoms with Gasteiger partial charge in [0.15, 0.2) is 5.78 Å². The van der Waals surface area contributed by atoms with E-state index in [-0.39, 0.29) is 18.8 Å². The van der Waals surface area contributed by atoms with Crippen LogP contribution in [0.1, 0.15) is 18.9 Å². The smallest absolute Gasteiger partial charge is 0.313 e. The summed E-state index contributed by atoms with van der Waals surface area (Å²) in [5, 5.41) is 0. The lowest BCUT2D eigenvalue weighted by molar-refractivity contribution is -0.144. The van der Waals surface area contributed by atoms with Crippen LogP contribution in [0.5, 0.6) is 0 Å². The zero-order chi connectivity index (χ0) is 15.8. The molecular weight excluding hydrogens is 276 g/mol. The minimum atomic E-state index is -0.489. The Morgan fingerprint density at radius 3 is 2.23 bits per heavy atom. The van der Waals surface area contributed by atoms with Gasteiger partial charge in [0.2, 0.25) is 0 Å². The maximum atomic E-state index is 11.6. The molecule has 0 radical (unpaired) electrons. The molecule has 2 aromatic rings. The maximum absolute atomic E-state index is 11.6. The second-order valence-electron chi connectivity index (χ2n) is 4.77. The van der Waals surface area contributed by atoms with E-state index < -0.39 is 5.97 Å². The number of benzene rings is 2. The zero-order valence-corrected chi connectivity index (χ0v) is 12.5. The van der Waals surface area contributed by atoms with Crippen molar-refractivity contribution < 1.29 is 14.3 Å². The lowest BCUT2D eigenvalue weighted by Gasteiger charge is -2.02. The average molecular weight is 294 g/mol. The Morgan fingerprint density at radius 1 is 0.955 bits per heavy atom. The van der Waals surface area contributed by atoms with Crippen LogP contribution in [0.3, 0.4) is 0 Å². The van der Waals surface area contributed by atoms with Crippen LogP contribution in [0.2, 0.25) is 0 Å². The Hall–Kier alpha value is -2.68. The standard InChI is InChI=1S/C19H18O3/c1-2-22-19(21)14-18(20)13-10-15-8-11-17(12-9-15)16-6-4-3-5-7-16/h3-13H,2,14H2,1H3. The molecule has 0 saturated carbocycles. The van der Waals surface area contributed by atoms with Gasteiger partial charge in [0, 0.05) is 0 Å². The van der Waals surface area contributed by atoms with Crippen LogP contribution >= 0.6 is 0 Å². The van der Waals surface area contributed by atoms with Crippen LogP contribution in [-0.4, -0.2) is 18.4 Å². The van der Waals surface area contributed by atoms with Gasteiger partial charge < -0.3 is 4.74 Å². The van der Waals surface area contributed by atoms with Crippen LogP contribution in [0.15, 0.2) is 60.7 Å². The van der Waals surface area contributed by atoms with Gasteiger partial charge in [0.25, 0.3) is 0 Å². The van der Waals surface area contributed by atoms with Gasteiger partial charge >= 0.3 is 5.97 Å². The molecule has 0 aromatic heterocycles. The summed E-state index contributed by atoms with van der Waals surface area (Å²) in [5.41, 5.74) is 3.18. The highest BCUT2D eigenvalue weighted by atomic mass is 16.5. The third kappa shape index (κ3) is 4.70. The van der Waals surface area contributed by atoms with Crippen molar-refractivity contribution in [2.75, 3.05) is 6.61 Å². The van der Waals surface area contributed by atoms with Gasteiger partial charge in [-0.05, 0) is 29.7 Å². The van der Waals surface area contributed by atoms with E-state index in [4.69, 9.17) is 4.74 Å². The number of ketones is 1. The molecule has 0 saturated heterocycles.